The van der Waals surface area contributed by atoms with Crippen molar-refractivity contribution in [3.63, 3.8) is 0 Å². The first-order valence-corrected chi connectivity index (χ1v) is 7.90. The van der Waals surface area contributed by atoms with Gasteiger partial charge in [-0.3, -0.25) is 0 Å². The van der Waals surface area contributed by atoms with Gasteiger partial charge in [-0.2, -0.15) is 4.39 Å². The number of ether oxygens (including phenoxy) is 1. The zero-order chi connectivity index (χ0) is 19.9. The van der Waals surface area contributed by atoms with Crippen LogP contribution in [0.15, 0.2) is 12.1 Å². The summed E-state index contributed by atoms with van der Waals surface area (Å²) in [5.74, 6) is -5.41. The summed E-state index contributed by atoms with van der Waals surface area (Å²) in [6.45, 7) is 9.64. The van der Waals surface area contributed by atoms with E-state index in [1.165, 1.54) is 6.07 Å². The fourth-order valence-electron chi connectivity index (χ4n) is 2.11. The summed E-state index contributed by atoms with van der Waals surface area (Å²) in [5, 5.41) is 26.1. The minimum atomic E-state index is -4.19. The molecule has 0 aliphatic heterocycles. The van der Waals surface area contributed by atoms with E-state index < -0.39 is 29.4 Å². The standard InChI is InChI=1S/C13H12F3NO4.2C2H6/c1-2-5-3-6(17)4-7-8(5)12(21-13(16,19)20)10(15)11(18)9(7)14;2*1-2/h3-4,18-20H,2,17H2,1H3;2*1-2H3. The Bertz CT molecular complexity index is 716. The lowest BCUT2D eigenvalue weighted by atomic mass is 9.99. The van der Waals surface area contributed by atoms with E-state index in [9.17, 15) is 18.3 Å². The molecular formula is C17H24F3NO4. The largest absolute Gasteiger partial charge is 0.503 e. The highest BCUT2D eigenvalue weighted by Gasteiger charge is 2.31. The van der Waals surface area contributed by atoms with E-state index in [1.807, 2.05) is 27.7 Å². The Balaban J connectivity index is 0.00000134. The summed E-state index contributed by atoms with van der Waals surface area (Å²) in [7, 11) is 0. The van der Waals surface area contributed by atoms with Crippen LogP contribution >= 0.6 is 0 Å². The van der Waals surface area contributed by atoms with E-state index in [0.29, 0.717) is 0 Å². The van der Waals surface area contributed by atoms with Gasteiger partial charge < -0.3 is 25.8 Å². The zero-order valence-corrected chi connectivity index (χ0v) is 14.8. The number of aromatic hydroxyl groups is 1. The molecule has 0 saturated heterocycles. The molecule has 0 amide bonds. The van der Waals surface area contributed by atoms with Gasteiger partial charge in [0.2, 0.25) is 5.82 Å². The third-order valence-electron chi connectivity index (χ3n) is 2.93. The molecule has 0 aliphatic carbocycles. The van der Waals surface area contributed by atoms with Crippen LogP contribution in [0.2, 0.25) is 0 Å². The van der Waals surface area contributed by atoms with Crippen LogP contribution in [0.3, 0.4) is 0 Å². The Hall–Kier alpha value is -2.19. The Morgan fingerprint density at radius 1 is 1.08 bits per heavy atom. The molecule has 0 heterocycles. The molecule has 0 fully saturated rings. The highest BCUT2D eigenvalue weighted by atomic mass is 19.2. The van der Waals surface area contributed by atoms with Gasteiger partial charge in [0.05, 0.1) is 0 Å². The number of hydrogen-bond acceptors (Lipinski definition) is 5. The molecule has 0 aliphatic rings. The van der Waals surface area contributed by atoms with Gasteiger partial charge in [0.1, 0.15) is 0 Å². The summed E-state index contributed by atoms with van der Waals surface area (Å²) >= 11 is 0. The number of fused-ring (bicyclic) bond motifs is 1. The molecule has 8 heteroatoms. The summed E-state index contributed by atoms with van der Waals surface area (Å²) in [6.07, 6.45) is -3.94. The van der Waals surface area contributed by atoms with Crippen molar-refractivity contribution in [3.05, 3.63) is 29.3 Å². The van der Waals surface area contributed by atoms with Crippen LogP contribution in [0.5, 0.6) is 11.5 Å². The number of nitrogen functional groups attached to an aromatic ring is 1. The molecule has 0 aromatic heterocycles. The van der Waals surface area contributed by atoms with Gasteiger partial charge in [0.25, 0.3) is 0 Å². The third-order valence-corrected chi connectivity index (χ3v) is 2.93. The molecule has 2 aromatic rings. The molecule has 5 nitrogen and oxygen atoms in total. The first-order chi connectivity index (χ1) is 11.7. The smallest absolute Gasteiger partial charge is 0.492 e. The van der Waals surface area contributed by atoms with Crippen molar-refractivity contribution in [2.45, 2.75) is 47.3 Å². The number of halogens is 3. The fourth-order valence-corrected chi connectivity index (χ4v) is 2.11. The van der Waals surface area contributed by atoms with E-state index in [0.717, 1.165) is 6.07 Å². The first kappa shape index (κ1) is 22.8. The van der Waals surface area contributed by atoms with Gasteiger partial charge in [-0.05, 0) is 24.1 Å². The summed E-state index contributed by atoms with van der Waals surface area (Å²) in [4.78, 5) is 0. The van der Waals surface area contributed by atoms with E-state index in [-0.39, 0.29) is 28.4 Å². The topological polar surface area (TPSA) is 95.9 Å². The number of rotatable bonds is 3. The minimum Gasteiger partial charge on any atom is -0.503 e. The second-order valence-corrected chi connectivity index (χ2v) is 4.39. The molecule has 0 unspecified atom stereocenters. The lowest BCUT2D eigenvalue weighted by molar-refractivity contribution is -0.375. The first-order valence-electron chi connectivity index (χ1n) is 7.90. The number of nitrogens with two attached hydrogens (primary N) is 1. The molecule has 5 N–H and O–H groups in total. The van der Waals surface area contributed by atoms with E-state index in [4.69, 9.17) is 15.9 Å². The highest BCUT2D eigenvalue weighted by Crippen LogP contribution is 2.42. The lowest BCUT2D eigenvalue weighted by Gasteiger charge is -2.18. The zero-order valence-electron chi connectivity index (χ0n) is 14.8. The SMILES string of the molecule is CC.CC.CCc1cc(N)cc2c(F)c(O)c(F)c(OC(O)(O)F)c12. The second kappa shape index (κ2) is 9.33. The van der Waals surface area contributed by atoms with Crippen molar-refractivity contribution in [3.8, 4) is 11.5 Å². The quantitative estimate of drug-likeness (QED) is 0.489. The van der Waals surface area contributed by atoms with Crippen molar-refractivity contribution >= 4 is 16.5 Å². The predicted molar refractivity (Wildman–Crippen MR) is 90.9 cm³/mol. The van der Waals surface area contributed by atoms with Crippen LogP contribution in [0.4, 0.5) is 18.9 Å². The number of hydrogen-bond donors (Lipinski definition) is 4. The van der Waals surface area contributed by atoms with Gasteiger partial charge in [0, 0.05) is 16.5 Å². The number of phenols is 1. The van der Waals surface area contributed by atoms with Crippen LogP contribution < -0.4 is 10.5 Å². The monoisotopic (exact) mass is 363 g/mol. The third kappa shape index (κ3) is 5.14. The fraction of sp³-hybridized carbons (Fsp3) is 0.412. The summed E-state index contributed by atoms with van der Waals surface area (Å²) in [5.41, 5.74) is 5.99. The molecule has 0 spiro atoms. The Labute approximate surface area is 144 Å². The minimum absolute atomic E-state index is 0.134. The number of phenolic OH excluding ortho intramolecular Hbond substituents is 1. The van der Waals surface area contributed by atoms with Crippen LogP contribution in [-0.2, 0) is 6.42 Å². The number of benzene rings is 2. The Morgan fingerprint density at radius 3 is 2.04 bits per heavy atom. The Morgan fingerprint density at radius 2 is 1.60 bits per heavy atom. The molecule has 0 saturated carbocycles. The lowest BCUT2D eigenvalue weighted by Crippen LogP contribution is -2.29. The average molecular weight is 363 g/mol. The normalized spacial score (nSPS) is 10.5. The summed E-state index contributed by atoms with van der Waals surface area (Å²) < 4.78 is 44.8. The number of anilines is 1. The maximum absolute atomic E-state index is 13.9. The molecule has 2 rings (SSSR count). The van der Waals surface area contributed by atoms with Crippen molar-refractivity contribution in [1.82, 2.24) is 0 Å². The molecule has 142 valence electrons. The molecule has 25 heavy (non-hydrogen) atoms. The van der Waals surface area contributed by atoms with Crippen LogP contribution in [-0.4, -0.2) is 21.5 Å². The second-order valence-electron chi connectivity index (χ2n) is 4.39. The maximum Gasteiger partial charge on any atom is 0.492 e. The van der Waals surface area contributed by atoms with Crippen LogP contribution in [0, 0.1) is 11.6 Å². The maximum atomic E-state index is 13.9. The average Bonchev–Trinajstić information content (AvgIpc) is 2.58. The number of alkyl halides is 1. The Kier molecular flexibility index (Phi) is 8.52. The number of aryl methyl sites for hydroxylation is 1. The van der Waals surface area contributed by atoms with Crippen molar-refractivity contribution in [2.75, 3.05) is 5.73 Å². The van der Waals surface area contributed by atoms with Gasteiger partial charge in [-0.25, -0.2) is 4.39 Å². The highest BCUT2D eigenvalue weighted by molar-refractivity contribution is 5.95. The van der Waals surface area contributed by atoms with Crippen LogP contribution in [0.1, 0.15) is 40.2 Å². The van der Waals surface area contributed by atoms with Gasteiger partial charge >= 0.3 is 6.23 Å². The molecular weight excluding hydrogens is 339 g/mol. The molecule has 0 bridgehead atoms. The molecule has 0 radical (unpaired) electrons. The van der Waals surface area contributed by atoms with E-state index >= 15 is 0 Å². The summed E-state index contributed by atoms with van der Waals surface area (Å²) in [6, 6.07) is 2.46. The number of aliphatic hydroxyl groups is 2. The molecule has 2 aromatic carbocycles. The van der Waals surface area contributed by atoms with Gasteiger partial charge in [0.15, 0.2) is 17.3 Å². The van der Waals surface area contributed by atoms with E-state index in [1.54, 1.807) is 6.92 Å². The molecule has 0 atom stereocenters. The predicted octanol–water partition coefficient (Wildman–Crippen LogP) is 3.96. The van der Waals surface area contributed by atoms with Crippen molar-refractivity contribution < 1.29 is 33.2 Å². The van der Waals surface area contributed by atoms with Gasteiger partial charge in [-0.1, -0.05) is 34.6 Å². The van der Waals surface area contributed by atoms with E-state index in [2.05, 4.69) is 4.74 Å². The van der Waals surface area contributed by atoms with Gasteiger partial charge in [-0.15, -0.1) is 4.39 Å². The van der Waals surface area contributed by atoms with Crippen molar-refractivity contribution in [2.24, 2.45) is 0 Å². The van der Waals surface area contributed by atoms with Crippen molar-refractivity contribution in [1.29, 1.82) is 0 Å². The van der Waals surface area contributed by atoms with Crippen LogP contribution in [0.25, 0.3) is 10.8 Å².